The summed E-state index contributed by atoms with van der Waals surface area (Å²) < 4.78 is 1.70. The molecule has 3 saturated carbocycles. The predicted octanol–water partition coefficient (Wildman–Crippen LogP) is 4.60. The summed E-state index contributed by atoms with van der Waals surface area (Å²) >= 11 is 0. The highest BCUT2D eigenvalue weighted by Gasteiger charge is 2.70. The van der Waals surface area contributed by atoms with Gasteiger partial charge in [-0.3, -0.25) is 19.2 Å². The number of carbonyl (C=O) groups excluding carboxylic acids is 2. The number of nitrogens with zero attached hydrogens (tertiary/aromatic N) is 7. The van der Waals surface area contributed by atoms with E-state index in [4.69, 9.17) is 5.41 Å². The van der Waals surface area contributed by atoms with E-state index in [1.54, 1.807) is 11.0 Å². The van der Waals surface area contributed by atoms with Gasteiger partial charge in [-0.25, -0.2) is 4.98 Å². The van der Waals surface area contributed by atoms with Crippen LogP contribution in [0.1, 0.15) is 55.2 Å². The number of aryl methyl sites for hydroxylation is 2. The third-order valence-corrected chi connectivity index (χ3v) is 11.6. The zero-order valence-corrected chi connectivity index (χ0v) is 27.1. The number of nitriles is 1. The standard InChI is InChI=1S/C37H40N8O2/c1-25-3-8-29(17-30(25)32(39)37-19-35(20-37,21-37)22-38)45-16-12-36(34(45)47)11-15-43(23-36)18-31(46)44-13-9-27(10-14-44)26-4-6-28(7-5-26)33-40-24-42(2)41-33/h3-9,17,24,39H,10-16,18-21,23H2,1-2H3/t35?,36-,37?/m0/s1. The summed E-state index contributed by atoms with van der Waals surface area (Å²) in [5.41, 5.74) is 5.98. The highest BCUT2D eigenvalue weighted by molar-refractivity contribution is 6.08. The molecule has 0 unspecified atom stereocenters. The van der Waals surface area contributed by atoms with Gasteiger partial charge >= 0.3 is 0 Å². The summed E-state index contributed by atoms with van der Waals surface area (Å²) in [5.74, 6) is 0.962. The summed E-state index contributed by atoms with van der Waals surface area (Å²) in [6, 6.07) is 16.8. The van der Waals surface area contributed by atoms with E-state index < -0.39 is 5.41 Å². The third-order valence-electron chi connectivity index (χ3n) is 11.6. The van der Waals surface area contributed by atoms with Gasteiger partial charge in [-0.15, -0.1) is 0 Å². The number of aromatic nitrogens is 3. The number of carbonyl (C=O) groups is 2. The first-order valence-electron chi connectivity index (χ1n) is 16.7. The second-order valence-corrected chi connectivity index (χ2v) is 14.7. The summed E-state index contributed by atoms with van der Waals surface area (Å²) in [6.45, 7) is 5.63. The van der Waals surface area contributed by atoms with E-state index in [0.717, 1.165) is 73.0 Å². The van der Waals surface area contributed by atoms with Crippen LogP contribution in [-0.4, -0.2) is 81.4 Å². The van der Waals surface area contributed by atoms with E-state index in [9.17, 15) is 14.9 Å². The van der Waals surface area contributed by atoms with Crippen LogP contribution in [0.15, 0.2) is 54.9 Å². The van der Waals surface area contributed by atoms with Crippen LogP contribution >= 0.6 is 0 Å². The summed E-state index contributed by atoms with van der Waals surface area (Å²) in [6.07, 6.45) is 8.55. The van der Waals surface area contributed by atoms with Crippen LogP contribution in [0.4, 0.5) is 5.69 Å². The zero-order valence-electron chi connectivity index (χ0n) is 27.1. The molecule has 1 aromatic heterocycles. The van der Waals surface area contributed by atoms with Crippen molar-refractivity contribution in [3.05, 3.63) is 71.6 Å². The predicted molar refractivity (Wildman–Crippen MR) is 178 cm³/mol. The molecular weight excluding hydrogens is 588 g/mol. The molecule has 2 bridgehead atoms. The topological polar surface area (TPSA) is 122 Å². The number of hydrogen-bond acceptors (Lipinski definition) is 7. The van der Waals surface area contributed by atoms with E-state index in [-0.39, 0.29) is 22.6 Å². The van der Waals surface area contributed by atoms with Crippen molar-refractivity contribution in [2.45, 2.75) is 45.4 Å². The van der Waals surface area contributed by atoms with E-state index in [1.165, 1.54) is 5.57 Å². The Labute approximate surface area is 275 Å². The molecule has 3 aromatic rings. The van der Waals surface area contributed by atoms with Gasteiger partial charge in [0.15, 0.2) is 5.82 Å². The number of nitrogens with one attached hydrogen (secondary N) is 1. The average Bonchev–Trinajstić information content (AvgIpc) is 3.75. The minimum atomic E-state index is -0.461. The van der Waals surface area contributed by atoms with Crippen LogP contribution in [0.2, 0.25) is 0 Å². The summed E-state index contributed by atoms with van der Waals surface area (Å²) in [4.78, 5) is 37.6. The number of hydrogen-bond donors (Lipinski definition) is 1. The lowest BCUT2D eigenvalue weighted by molar-refractivity contribution is -0.132. The Bertz CT molecular complexity index is 1860. The third kappa shape index (κ3) is 4.82. The van der Waals surface area contributed by atoms with Crippen molar-refractivity contribution in [1.29, 1.82) is 10.7 Å². The van der Waals surface area contributed by atoms with Gasteiger partial charge in [-0.1, -0.05) is 36.4 Å². The number of benzene rings is 2. The monoisotopic (exact) mass is 628 g/mol. The molecule has 10 heteroatoms. The molecule has 1 spiro atoms. The fourth-order valence-corrected chi connectivity index (χ4v) is 8.80. The molecular formula is C37H40N8O2. The quantitative estimate of drug-likeness (QED) is 0.382. The van der Waals surface area contributed by atoms with Crippen LogP contribution in [0.5, 0.6) is 0 Å². The Morgan fingerprint density at radius 1 is 1.04 bits per heavy atom. The number of likely N-dealkylation sites (tertiary alicyclic amines) is 1. The van der Waals surface area contributed by atoms with Gasteiger partial charge in [0.25, 0.3) is 0 Å². The van der Waals surface area contributed by atoms with E-state index in [1.807, 2.05) is 54.1 Å². The molecule has 2 aromatic carbocycles. The fraction of sp³-hybridized carbons (Fsp3) is 0.459. The molecule has 2 amide bonds. The second-order valence-electron chi connectivity index (χ2n) is 14.7. The highest BCUT2D eigenvalue weighted by Crippen LogP contribution is 2.74. The fourth-order valence-electron chi connectivity index (χ4n) is 8.80. The van der Waals surface area contributed by atoms with Gasteiger partial charge in [0.2, 0.25) is 11.8 Å². The van der Waals surface area contributed by atoms with Crippen molar-refractivity contribution in [1.82, 2.24) is 24.6 Å². The largest absolute Gasteiger partial charge is 0.338 e. The first-order chi connectivity index (χ1) is 22.6. The lowest BCUT2D eigenvalue weighted by Crippen LogP contribution is -2.64. The molecule has 1 N–H and O–H groups in total. The maximum atomic E-state index is 14.0. The van der Waals surface area contributed by atoms with Crippen LogP contribution in [0.3, 0.4) is 0 Å². The summed E-state index contributed by atoms with van der Waals surface area (Å²) in [5, 5.41) is 22.8. The molecule has 0 radical (unpaired) electrons. The second kappa shape index (κ2) is 10.7. The first kappa shape index (κ1) is 29.8. The molecule has 2 saturated heterocycles. The molecule has 9 rings (SSSR count). The molecule has 47 heavy (non-hydrogen) atoms. The Balaban J connectivity index is 0.873. The summed E-state index contributed by atoms with van der Waals surface area (Å²) in [7, 11) is 1.86. The van der Waals surface area contributed by atoms with Crippen molar-refractivity contribution in [2.24, 2.45) is 23.3 Å². The molecule has 3 aliphatic heterocycles. The molecule has 6 aliphatic rings. The Morgan fingerprint density at radius 3 is 2.47 bits per heavy atom. The van der Waals surface area contributed by atoms with Crippen molar-refractivity contribution < 1.29 is 9.59 Å². The van der Waals surface area contributed by atoms with Crippen molar-refractivity contribution >= 4 is 28.8 Å². The van der Waals surface area contributed by atoms with Crippen LogP contribution in [0.25, 0.3) is 17.0 Å². The van der Waals surface area contributed by atoms with Crippen LogP contribution < -0.4 is 4.90 Å². The molecule has 10 nitrogen and oxygen atoms in total. The Morgan fingerprint density at radius 2 is 1.79 bits per heavy atom. The van der Waals surface area contributed by atoms with Crippen molar-refractivity contribution in [3.63, 3.8) is 0 Å². The maximum Gasteiger partial charge on any atom is 0.237 e. The smallest absolute Gasteiger partial charge is 0.237 e. The lowest BCUT2D eigenvalue weighted by atomic mass is 9.34. The van der Waals surface area contributed by atoms with Gasteiger partial charge < -0.3 is 15.2 Å². The first-order valence-corrected chi connectivity index (χ1v) is 16.7. The molecule has 1 atom stereocenters. The minimum absolute atomic E-state index is 0.115. The van der Waals surface area contributed by atoms with Gasteiger partial charge in [-0.2, -0.15) is 10.4 Å². The van der Waals surface area contributed by atoms with Crippen molar-refractivity contribution in [2.75, 3.05) is 44.2 Å². The normalized spacial score (nSPS) is 28.2. The molecule has 240 valence electrons. The van der Waals surface area contributed by atoms with Gasteiger partial charge in [0.1, 0.15) is 6.33 Å². The van der Waals surface area contributed by atoms with Gasteiger partial charge in [0.05, 0.1) is 23.4 Å². The Kier molecular flexibility index (Phi) is 6.78. The molecule has 3 aliphatic carbocycles. The average molecular weight is 629 g/mol. The van der Waals surface area contributed by atoms with E-state index in [2.05, 4.69) is 39.3 Å². The van der Waals surface area contributed by atoms with Gasteiger partial charge in [0, 0.05) is 61.2 Å². The molecule has 5 fully saturated rings. The highest BCUT2D eigenvalue weighted by atomic mass is 16.2. The van der Waals surface area contributed by atoms with E-state index in [0.29, 0.717) is 44.3 Å². The van der Waals surface area contributed by atoms with Crippen LogP contribution in [0, 0.1) is 39.9 Å². The lowest BCUT2D eigenvalue weighted by Gasteiger charge is -2.67. The Hall–Kier alpha value is -4.62. The maximum absolute atomic E-state index is 14.0. The van der Waals surface area contributed by atoms with Crippen LogP contribution in [-0.2, 0) is 16.6 Å². The number of anilines is 1. The number of amides is 2. The number of rotatable bonds is 7. The van der Waals surface area contributed by atoms with E-state index >= 15 is 0 Å². The SMILES string of the molecule is Cc1ccc(N2CC[C@]3(CCN(CC(=O)N4CC=C(c5ccc(-c6ncn(C)n6)cc5)CC4)C3)C2=O)cc1C(=N)C12CC(C#N)(C1)C2. The minimum Gasteiger partial charge on any atom is -0.338 e. The zero-order chi connectivity index (χ0) is 32.6. The van der Waals surface area contributed by atoms with Gasteiger partial charge in [-0.05, 0) is 80.8 Å². The molecule has 4 heterocycles. The van der Waals surface area contributed by atoms with Crippen molar-refractivity contribution in [3.8, 4) is 17.5 Å².